The van der Waals surface area contributed by atoms with Gasteiger partial charge < -0.3 is 4.74 Å². The molecule has 0 saturated heterocycles. The van der Waals surface area contributed by atoms with Gasteiger partial charge in [0.2, 0.25) is 0 Å². The molecule has 0 aliphatic rings. The Hall–Kier alpha value is -1.53. The molecular formula is C12H13ClN2O3S. The van der Waals surface area contributed by atoms with E-state index in [1.807, 2.05) is 0 Å². The van der Waals surface area contributed by atoms with E-state index in [0.717, 1.165) is 4.09 Å². The number of halogens is 1. The van der Waals surface area contributed by atoms with Gasteiger partial charge in [-0.3, -0.25) is 0 Å². The molecule has 1 heterocycles. The summed E-state index contributed by atoms with van der Waals surface area (Å²) in [5.41, 5.74) is 0.614. The maximum absolute atomic E-state index is 12.5. The highest BCUT2D eigenvalue weighted by Gasteiger charge is 2.23. The molecule has 0 saturated carbocycles. The Balaban J connectivity index is 2.59. The third-order valence-electron chi connectivity index (χ3n) is 2.43. The zero-order chi connectivity index (χ0) is 14.0. The smallest absolute Gasteiger partial charge is 0.286 e. The first kappa shape index (κ1) is 13.9. The van der Waals surface area contributed by atoms with Gasteiger partial charge >= 0.3 is 0 Å². The highest BCUT2D eigenvalue weighted by atomic mass is 35.5. The number of hydrogen-bond donors (Lipinski definition) is 0. The van der Waals surface area contributed by atoms with Crippen LogP contribution in [0.25, 0.3) is 0 Å². The summed E-state index contributed by atoms with van der Waals surface area (Å²) in [6, 6.07) is 6.09. The highest BCUT2D eigenvalue weighted by Crippen LogP contribution is 2.28. The van der Waals surface area contributed by atoms with Gasteiger partial charge in [-0.15, -0.1) is 0 Å². The van der Waals surface area contributed by atoms with Crippen LogP contribution in [-0.2, 0) is 10.0 Å². The number of benzene rings is 1. The molecule has 7 heteroatoms. The molecule has 0 aliphatic heterocycles. The maximum atomic E-state index is 12.5. The molecule has 0 atom stereocenters. The topological polar surface area (TPSA) is 61.2 Å². The van der Waals surface area contributed by atoms with Crippen LogP contribution in [0.5, 0.6) is 5.75 Å². The van der Waals surface area contributed by atoms with Crippen molar-refractivity contribution in [2.75, 3.05) is 6.61 Å². The minimum Gasteiger partial charge on any atom is -0.492 e. The lowest BCUT2D eigenvalue weighted by molar-refractivity contribution is 0.331. The number of nitrogens with zero attached hydrogens (tertiary/aromatic N) is 2. The number of rotatable bonds is 4. The molecule has 1 aromatic carbocycles. The van der Waals surface area contributed by atoms with Crippen LogP contribution in [0.2, 0.25) is 5.02 Å². The molecule has 19 heavy (non-hydrogen) atoms. The molecule has 0 spiro atoms. The molecule has 1 aromatic heterocycles. The van der Waals surface area contributed by atoms with E-state index in [9.17, 15) is 8.42 Å². The summed E-state index contributed by atoms with van der Waals surface area (Å²) < 4.78 is 31.2. The fourth-order valence-corrected chi connectivity index (χ4v) is 3.14. The Morgan fingerprint density at radius 1 is 1.37 bits per heavy atom. The molecule has 0 bridgehead atoms. The molecule has 2 aromatic rings. The van der Waals surface area contributed by atoms with Crippen molar-refractivity contribution in [2.45, 2.75) is 18.7 Å². The quantitative estimate of drug-likeness (QED) is 0.870. The Morgan fingerprint density at radius 2 is 2.11 bits per heavy atom. The summed E-state index contributed by atoms with van der Waals surface area (Å²) in [6.45, 7) is 3.86. The first-order valence-electron chi connectivity index (χ1n) is 5.65. The molecule has 0 unspecified atom stereocenters. The van der Waals surface area contributed by atoms with E-state index < -0.39 is 10.0 Å². The summed E-state index contributed by atoms with van der Waals surface area (Å²) in [6.07, 6.45) is 1.39. The van der Waals surface area contributed by atoms with E-state index in [4.69, 9.17) is 16.3 Å². The van der Waals surface area contributed by atoms with Crippen molar-refractivity contribution in [3.05, 3.63) is 41.2 Å². The van der Waals surface area contributed by atoms with Gasteiger partial charge in [0.1, 0.15) is 10.6 Å². The van der Waals surface area contributed by atoms with Crippen LogP contribution >= 0.6 is 11.6 Å². The molecule has 5 nitrogen and oxygen atoms in total. The molecule has 0 amide bonds. The van der Waals surface area contributed by atoms with Crippen LogP contribution in [0.3, 0.4) is 0 Å². The third kappa shape index (κ3) is 2.74. The van der Waals surface area contributed by atoms with Gasteiger partial charge in [0.05, 0.1) is 12.3 Å². The van der Waals surface area contributed by atoms with Crippen LogP contribution in [0, 0.1) is 6.92 Å². The standard InChI is InChI=1S/C12H13ClN2O3S/c1-3-18-11-5-4-10(13)8-12(11)19(16,17)15-7-6-9(2)14-15/h4-8H,3H2,1-2H3. The average Bonchev–Trinajstić information content (AvgIpc) is 2.79. The maximum Gasteiger partial charge on any atom is 0.286 e. The normalized spacial score (nSPS) is 11.5. The molecular weight excluding hydrogens is 288 g/mol. The van der Waals surface area contributed by atoms with Gasteiger partial charge in [-0.2, -0.15) is 17.6 Å². The summed E-state index contributed by atoms with van der Waals surface area (Å²) in [5, 5.41) is 4.24. The molecule has 102 valence electrons. The second-order valence-corrected chi connectivity index (χ2v) is 6.06. The predicted octanol–water partition coefficient (Wildman–Crippen LogP) is 2.48. The van der Waals surface area contributed by atoms with E-state index in [1.54, 1.807) is 26.0 Å². The van der Waals surface area contributed by atoms with Gasteiger partial charge in [-0.05, 0) is 38.1 Å². The van der Waals surface area contributed by atoms with Gasteiger partial charge in [0.15, 0.2) is 0 Å². The SMILES string of the molecule is CCOc1ccc(Cl)cc1S(=O)(=O)n1ccc(C)n1. The van der Waals surface area contributed by atoms with Gasteiger partial charge in [-0.25, -0.2) is 0 Å². The molecule has 0 fully saturated rings. The van der Waals surface area contributed by atoms with Crippen molar-refractivity contribution >= 4 is 21.6 Å². The minimum absolute atomic E-state index is 0.00458. The number of ether oxygens (including phenoxy) is 1. The fraction of sp³-hybridized carbons (Fsp3) is 0.250. The summed E-state index contributed by atoms with van der Waals surface area (Å²) >= 11 is 5.87. The van der Waals surface area contributed by atoms with Crippen molar-refractivity contribution in [3.63, 3.8) is 0 Å². The van der Waals surface area contributed by atoms with E-state index in [1.165, 1.54) is 18.3 Å². The first-order chi connectivity index (χ1) is 8.95. The van der Waals surface area contributed by atoms with Crippen LogP contribution < -0.4 is 4.74 Å². The van der Waals surface area contributed by atoms with Gasteiger partial charge in [0, 0.05) is 11.2 Å². The number of aryl methyl sites for hydroxylation is 1. The monoisotopic (exact) mass is 300 g/mol. The van der Waals surface area contributed by atoms with E-state index >= 15 is 0 Å². The van der Waals surface area contributed by atoms with Crippen LogP contribution in [-0.4, -0.2) is 24.2 Å². The van der Waals surface area contributed by atoms with Crippen molar-refractivity contribution in [2.24, 2.45) is 0 Å². The van der Waals surface area contributed by atoms with Crippen molar-refractivity contribution < 1.29 is 13.2 Å². The lowest BCUT2D eigenvalue weighted by Crippen LogP contribution is -2.15. The van der Waals surface area contributed by atoms with Crippen molar-refractivity contribution in [1.29, 1.82) is 0 Å². The van der Waals surface area contributed by atoms with E-state index in [0.29, 0.717) is 17.3 Å². The first-order valence-corrected chi connectivity index (χ1v) is 7.47. The summed E-state index contributed by atoms with van der Waals surface area (Å²) in [7, 11) is -3.80. The zero-order valence-corrected chi connectivity index (χ0v) is 12.1. The Morgan fingerprint density at radius 3 is 2.68 bits per heavy atom. The third-order valence-corrected chi connectivity index (χ3v) is 4.24. The molecule has 0 aliphatic carbocycles. The Labute approximate surface area is 116 Å². The lowest BCUT2D eigenvalue weighted by atomic mass is 10.3. The highest BCUT2D eigenvalue weighted by molar-refractivity contribution is 7.90. The van der Waals surface area contributed by atoms with Gasteiger partial charge in [0.25, 0.3) is 10.0 Å². The van der Waals surface area contributed by atoms with E-state index in [2.05, 4.69) is 5.10 Å². The fourth-order valence-electron chi connectivity index (χ4n) is 1.59. The average molecular weight is 301 g/mol. The van der Waals surface area contributed by atoms with Crippen LogP contribution in [0.15, 0.2) is 35.4 Å². The summed E-state index contributed by atoms with van der Waals surface area (Å²) in [4.78, 5) is 0.00458. The minimum atomic E-state index is -3.80. The molecule has 2 rings (SSSR count). The van der Waals surface area contributed by atoms with Crippen molar-refractivity contribution in [3.8, 4) is 5.75 Å². The largest absolute Gasteiger partial charge is 0.492 e. The van der Waals surface area contributed by atoms with Crippen molar-refractivity contribution in [1.82, 2.24) is 9.19 Å². The molecule has 0 N–H and O–H groups in total. The zero-order valence-electron chi connectivity index (χ0n) is 10.5. The molecule has 0 radical (unpaired) electrons. The number of aromatic nitrogens is 2. The van der Waals surface area contributed by atoms with Crippen LogP contribution in [0.1, 0.15) is 12.6 Å². The second kappa shape index (κ2) is 5.22. The van der Waals surface area contributed by atoms with Gasteiger partial charge in [-0.1, -0.05) is 11.6 Å². The Bertz CT molecular complexity index is 695. The summed E-state index contributed by atoms with van der Waals surface area (Å²) in [5.74, 6) is 0.264. The second-order valence-electron chi connectivity index (χ2n) is 3.86. The lowest BCUT2D eigenvalue weighted by Gasteiger charge is -2.11. The van der Waals surface area contributed by atoms with Crippen LogP contribution in [0.4, 0.5) is 0 Å². The Kier molecular flexibility index (Phi) is 3.82. The van der Waals surface area contributed by atoms with E-state index in [-0.39, 0.29) is 10.6 Å². The number of hydrogen-bond acceptors (Lipinski definition) is 4. The predicted molar refractivity (Wildman–Crippen MR) is 72.2 cm³/mol.